The second kappa shape index (κ2) is 2.94. The molecule has 2 N–H and O–H groups in total. The Morgan fingerprint density at radius 2 is 2.21 bits per heavy atom. The van der Waals surface area contributed by atoms with Crippen molar-refractivity contribution in [1.82, 2.24) is 0 Å². The van der Waals surface area contributed by atoms with Crippen LogP contribution in [0.15, 0.2) is 11.6 Å². The number of hydrogen-bond donors (Lipinski definition) is 2. The van der Waals surface area contributed by atoms with Crippen molar-refractivity contribution in [3.63, 3.8) is 0 Å². The summed E-state index contributed by atoms with van der Waals surface area (Å²) in [7, 11) is -3.87. The normalized spacial score (nSPS) is 34.7. The van der Waals surface area contributed by atoms with Crippen LogP contribution >= 0.6 is 7.60 Å². The highest BCUT2D eigenvalue weighted by molar-refractivity contribution is 7.52. The summed E-state index contributed by atoms with van der Waals surface area (Å²) < 4.78 is 10.9. The Bertz CT molecular complexity index is 326. The van der Waals surface area contributed by atoms with Gasteiger partial charge in [0, 0.05) is 0 Å². The summed E-state index contributed by atoms with van der Waals surface area (Å²) in [6.07, 6.45) is 4.13. The molecule has 0 aromatic heterocycles. The maximum Gasteiger partial charge on any atom is 0.329 e. The molecule has 1 saturated carbocycles. The zero-order valence-electron chi connectivity index (χ0n) is 8.60. The quantitative estimate of drug-likeness (QED) is 0.549. The van der Waals surface area contributed by atoms with E-state index in [-0.39, 0.29) is 11.6 Å². The minimum Gasteiger partial charge on any atom is -0.324 e. The van der Waals surface area contributed by atoms with Crippen molar-refractivity contribution in [2.45, 2.75) is 26.7 Å². The van der Waals surface area contributed by atoms with Crippen molar-refractivity contribution in [2.24, 2.45) is 17.3 Å². The Labute approximate surface area is 84.4 Å². The van der Waals surface area contributed by atoms with Crippen LogP contribution < -0.4 is 0 Å². The van der Waals surface area contributed by atoms with Gasteiger partial charge in [-0.25, -0.2) is 0 Å². The Balaban J connectivity index is 2.15. The molecule has 3 rings (SSSR count). The molecular formula is C10H17O3P. The molecule has 0 aromatic carbocycles. The highest BCUT2D eigenvalue weighted by Gasteiger charge is 2.51. The van der Waals surface area contributed by atoms with E-state index < -0.39 is 7.60 Å². The van der Waals surface area contributed by atoms with Gasteiger partial charge in [-0.1, -0.05) is 25.5 Å². The fourth-order valence-electron chi connectivity index (χ4n) is 2.89. The van der Waals surface area contributed by atoms with Crippen molar-refractivity contribution in [2.75, 3.05) is 6.16 Å². The third-order valence-corrected chi connectivity index (χ3v) is 4.75. The largest absolute Gasteiger partial charge is 0.329 e. The first-order valence-electron chi connectivity index (χ1n) is 5.04. The first-order chi connectivity index (χ1) is 6.31. The molecule has 3 nitrogen and oxygen atoms in total. The number of allylic oxidation sites excluding steroid dienone is 2. The van der Waals surface area contributed by atoms with Gasteiger partial charge in [0.05, 0.1) is 6.16 Å². The van der Waals surface area contributed by atoms with E-state index in [1.165, 1.54) is 0 Å². The first kappa shape index (κ1) is 10.4. The van der Waals surface area contributed by atoms with Crippen LogP contribution in [0.4, 0.5) is 0 Å². The molecule has 0 unspecified atom stereocenters. The van der Waals surface area contributed by atoms with Crippen molar-refractivity contribution in [3.8, 4) is 0 Å². The molecule has 1 fully saturated rings. The molecule has 3 aliphatic carbocycles. The molecule has 0 radical (unpaired) electrons. The molecule has 14 heavy (non-hydrogen) atoms. The van der Waals surface area contributed by atoms with E-state index in [0.29, 0.717) is 5.92 Å². The Hall–Kier alpha value is -0.110. The van der Waals surface area contributed by atoms with E-state index in [9.17, 15) is 4.57 Å². The predicted molar refractivity (Wildman–Crippen MR) is 55.0 cm³/mol. The van der Waals surface area contributed by atoms with Crippen LogP contribution in [0.3, 0.4) is 0 Å². The molecule has 0 saturated heterocycles. The summed E-state index contributed by atoms with van der Waals surface area (Å²) >= 11 is 0. The molecule has 80 valence electrons. The summed E-state index contributed by atoms with van der Waals surface area (Å²) in [6, 6.07) is 0. The van der Waals surface area contributed by atoms with Crippen molar-refractivity contribution in [3.05, 3.63) is 11.6 Å². The van der Waals surface area contributed by atoms with Crippen molar-refractivity contribution in [1.29, 1.82) is 0 Å². The van der Waals surface area contributed by atoms with Gasteiger partial charge in [-0.2, -0.15) is 0 Å². The standard InChI is InChI=1S/C10H17O3P/c1-10(2)8-4-3-7(9(10)5-8)6-14(11,12)13/h3,8-9H,4-6H2,1-2H3,(H2,11,12,13)/t8-,9-/m1/s1. The zero-order chi connectivity index (χ0) is 10.6. The lowest BCUT2D eigenvalue weighted by molar-refractivity contribution is -0.00583. The predicted octanol–water partition coefficient (Wildman–Crippen LogP) is 2.16. The van der Waals surface area contributed by atoms with Gasteiger partial charge in [-0.3, -0.25) is 4.57 Å². The molecule has 0 aromatic rings. The van der Waals surface area contributed by atoms with Gasteiger partial charge in [0.1, 0.15) is 0 Å². The van der Waals surface area contributed by atoms with Gasteiger partial charge in [0.2, 0.25) is 0 Å². The monoisotopic (exact) mass is 216 g/mol. The highest BCUT2D eigenvalue weighted by atomic mass is 31.2. The van der Waals surface area contributed by atoms with Crippen LogP contribution in [0.2, 0.25) is 0 Å². The lowest BCUT2D eigenvalue weighted by Crippen LogP contribution is -2.48. The fourth-order valence-corrected chi connectivity index (χ4v) is 3.72. The maximum absolute atomic E-state index is 10.9. The molecular weight excluding hydrogens is 199 g/mol. The van der Waals surface area contributed by atoms with Gasteiger partial charge < -0.3 is 9.79 Å². The molecule has 0 heterocycles. The van der Waals surface area contributed by atoms with Crippen LogP contribution in [-0.2, 0) is 4.57 Å². The Morgan fingerprint density at radius 3 is 2.64 bits per heavy atom. The molecule has 0 amide bonds. The Kier molecular flexibility index (Phi) is 2.19. The fraction of sp³-hybridized carbons (Fsp3) is 0.800. The van der Waals surface area contributed by atoms with E-state index >= 15 is 0 Å². The minimum atomic E-state index is -3.87. The maximum atomic E-state index is 10.9. The van der Waals surface area contributed by atoms with E-state index in [0.717, 1.165) is 24.3 Å². The number of fused-ring (bicyclic) bond motifs is 1. The van der Waals surface area contributed by atoms with Gasteiger partial charge >= 0.3 is 7.60 Å². The van der Waals surface area contributed by atoms with Crippen molar-refractivity contribution >= 4 is 7.60 Å². The van der Waals surface area contributed by atoms with Crippen LogP contribution in [0.5, 0.6) is 0 Å². The molecule has 2 bridgehead atoms. The SMILES string of the molecule is CC1(C)[C@@H]2CC=C(CP(=O)(O)O)[C@H]1C2. The summed E-state index contributed by atoms with van der Waals surface area (Å²) in [5, 5.41) is 0. The van der Waals surface area contributed by atoms with Gasteiger partial charge in [0.15, 0.2) is 0 Å². The van der Waals surface area contributed by atoms with E-state index in [4.69, 9.17) is 9.79 Å². The zero-order valence-corrected chi connectivity index (χ0v) is 9.50. The van der Waals surface area contributed by atoms with Gasteiger partial charge in [0.25, 0.3) is 0 Å². The summed E-state index contributed by atoms with van der Waals surface area (Å²) in [6.45, 7) is 4.41. The number of hydrogen-bond acceptors (Lipinski definition) is 1. The van der Waals surface area contributed by atoms with Gasteiger partial charge in [-0.05, 0) is 30.1 Å². The van der Waals surface area contributed by atoms with Crippen LogP contribution in [0, 0.1) is 17.3 Å². The molecule has 2 atom stereocenters. The first-order valence-corrected chi connectivity index (χ1v) is 6.84. The molecule has 0 aliphatic heterocycles. The smallest absolute Gasteiger partial charge is 0.324 e. The van der Waals surface area contributed by atoms with E-state index in [2.05, 4.69) is 13.8 Å². The second-order valence-corrected chi connectivity index (χ2v) is 6.79. The molecule has 3 aliphatic rings. The van der Waals surface area contributed by atoms with Crippen molar-refractivity contribution < 1.29 is 14.4 Å². The summed E-state index contributed by atoms with van der Waals surface area (Å²) in [5.41, 5.74) is 1.25. The second-order valence-electron chi connectivity index (χ2n) is 5.14. The Morgan fingerprint density at radius 1 is 1.57 bits per heavy atom. The lowest BCUT2D eigenvalue weighted by atomic mass is 9.49. The topological polar surface area (TPSA) is 57.5 Å². The van der Waals surface area contributed by atoms with Gasteiger partial charge in [-0.15, -0.1) is 0 Å². The number of rotatable bonds is 2. The average Bonchev–Trinajstić information content (AvgIpc) is 2.00. The lowest BCUT2D eigenvalue weighted by Gasteiger charge is -2.56. The van der Waals surface area contributed by atoms with E-state index in [1.807, 2.05) is 6.08 Å². The average molecular weight is 216 g/mol. The molecule has 4 heteroatoms. The van der Waals surface area contributed by atoms with Crippen LogP contribution in [0.1, 0.15) is 26.7 Å². The van der Waals surface area contributed by atoms with E-state index in [1.54, 1.807) is 0 Å². The third-order valence-electron chi connectivity index (χ3n) is 3.97. The van der Waals surface area contributed by atoms with Crippen LogP contribution in [0.25, 0.3) is 0 Å². The minimum absolute atomic E-state index is 0.0339. The highest BCUT2D eigenvalue weighted by Crippen LogP contribution is 2.60. The third kappa shape index (κ3) is 1.58. The van der Waals surface area contributed by atoms with Crippen LogP contribution in [-0.4, -0.2) is 15.9 Å². The summed E-state index contributed by atoms with van der Waals surface area (Å²) in [5.74, 6) is 1.14. The summed E-state index contributed by atoms with van der Waals surface area (Å²) in [4.78, 5) is 17.9. The molecule has 0 spiro atoms.